The topological polar surface area (TPSA) is 101 Å². The number of nitrogens with one attached hydrogen (secondary N) is 1. The van der Waals surface area contributed by atoms with Crippen molar-refractivity contribution in [2.24, 2.45) is 11.5 Å². The van der Waals surface area contributed by atoms with Crippen molar-refractivity contribution in [3.8, 4) is 0 Å². The van der Waals surface area contributed by atoms with Crippen LogP contribution >= 0.6 is 0 Å². The van der Waals surface area contributed by atoms with E-state index in [1.807, 2.05) is 36.4 Å². The second kappa shape index (κ2) is 9.12. The first-order chi connectivity index (χ1) is 15.1. The summed E-state index contributed by atoms with van der Waals surface area (Å²) in [4.78, 5) is 27.7. The molecule has 6 heteroatoms. The van der Waals surface area contributed by atoms with E-state index in [1.165, 1.54) is 10.5 Å². The number of nitrogens with zero attached hydrogens (tertiary/aromatic N) is 1. The van der Waals surface area contributed by atoms with E-state index in [0.29, 0.717) is 17.8 Å². The van der Waals surface area contributed by atoms with Crippen molar-refractivity contribution >= 4 is 17.5 Å². The Hall–Kier alpha value is -3.48. The zero-order chi connectivity index (χ0) is 21.8. The van der Waals surface area contributed by atoms with E-state index >= 15 is 0 Å². The average molecular weight is 415 g/mol. The lowest BCUT2D eigenvalue weighted by molar-refractivity contribution is -0.123. The molecular formula is C25H26N4O2. The lowest BCUT2D eigenvalue weighted by atomic mass is 10.0. The molecule has 3 aromatic carbocycles. The minimum Gasteiger partial charge on any atom is -0.346 e. The van der Waals surface area contributed by atoms with Crippen LogP contribution in [-0.2, 0) is 17.8 Å². The van der Waals surface area contributed by atoms with E-state index in [9.17, 15) is 9.59 Å². The number of carbonyl (C=O) groups is 2. The highest BCUT2D eigenvalue weighted by Crippen LogP contribution is 2.32. The van der Waals surface area contributed by atoms with Gasteiger partial charge in [0.15, 0.2) is 6.17 Å². The third kappa shape index (κ3) is 4.35. The van der Waals surface area contributed by atoms with Gasteiger partial charge in [-0.2, -0.15) is 0 Å². The summed E-state index contributed by atoms with van der Waals surface area (Å²) in [5.74, 6) is -0.720. The van der Waals surface area contributed by atoms with E-state index in [0.717, 1.165) is 24.0 Å². The maximum absolute atomic E-state index is 13.3. The fourth-order valence-corrected chi connectivity index (χ4v) is 4.03. The Labute approximate surface area is 181 Å². The van der Waals surface area contributed by atoms with E-state index in [1.54, 1.807) is 36.4 Å². The van der Waals surface area contributed by atoms with Gasteiger partial charge in [0, 0.05) is 17.8 Å². The van der Waals surface area contributed by atoms with Gasteiger partial charge in [-0.15, -0.1) is 0 Å². The second-order valence-electron chi connectivity index (χ2n) is 7.66. The van der Waals surface area contributed by atoms with Crippen LogP contribution in [-0.4, -0.2) is 18.0 Å². The van der Waals surface area contributed by atoms with Crippen LogP contribution in [0.2, 0.25) is 0 Å². The second-order valence-corrected chi connectivity index (χ2v) is 7.66. The molecule has 31 heavy (non-hydrogen) atoms. The number of hydrogen-bond donors (Lipinski definition) is 3. The largest absolute Gasteiger partial charge is 0.346 e. The maximum atomic E-state index is 13.3. The number of nitrogens with two attached hydrogens (primary N) is 2. The van der Waals surface area contributed by atoms with Crippen molar-refractivity contribution in [2.45, 2.75) is 31.6 Å². The molecule has 1 unspecified atom stereocenters. The van der Waals surface area contributed by atoms with Gasteiger partial charge >= 0.3 is 0 Å². The van der Waals surface area contributed by atoms with Gasteiger partial charge in [0.05, 0.1) is 6.04 Å². The highest BCUT2D eigenvalue weighted by molar-refractivity contribution is 6.09. The van der Waals surface area contributed by atoms with Crippen LogP contribution in [0.5, 0.6) is 0 Å². The number of amides is 2. The summed E-state index contributed by atoms with van der Waals surface area (Å²) < 4.78 is 0. The zero-order valence-corrected chi connectivity index (χ0v) is 17.2. The van der Waals surface area contributed by atoms with E-state index < -0.39 is 12.1 Å². The number of carbonyl (C=O) groups excluding carboxylic acids is 2. The van der Waals surface area contributed by atoms with Crippen LogP contribution in [0.4, 0.5) is 5.69 Å². The number of anilines is 1. The van der Waals surface area contributed by atoms with Crippen molar-refractivity contribution in [3.05, 3.63) is 101 Å². The molecule has 0 aliphatic heterocycles. The van der Waals surface area contributed by atoms with Crippen LogP contribution in [0.1, 0.15) is 39.5 Å². The van der Waals surface area contributed by atoms with Crippen molar-refractivity contribution < 1.29 is 9.59 Å². The van der Waals surface area contributed by atoms with Gasteiger partial charge in [-0.3, -0.25) is 14.5 Å². The van der Waals surface area contributed by atoms with Crippen molar-refractivity contribution in [2.75, 3.05) is 4.90 Å². The summed E-state index contributed by atoms with van der Waals surface area (Å²) in [5, 5.41) is 3.04. The Bertz CT molecular complexity index is 1070. The summed E-state index contributed by atoms with van der Waals surface area (Å²) in [6, 6.07) is 23.8. The maximum Gasteiger partial charge on any atom is 0.260 e. The number of hydrogen-bond acceptors (Lipinski definition) is 4. The summed E-state index contributed by atoms with van der Waals surface area (Å²) in [6.07, 6.45) is 0.497. The Morgan fingerprint density at radius 1 is 1.00 bits per heavy atom. The molecule has 2 atom stereocenters. The normalized spacial score (nSPS) is 15.7. The minimum absolute atomic E-state index is 0.134. The van der Waals surface area contributed by atoms with Crippen LogP contribution < -0.4 is 21.7 Å². The number of aryl methyl sites for hydroxylation is 1. The predicted octanol–water partition coefficient (Wildman–Crippen LogP) is 2.88. The third-order valence-electron chi connectivity index (χ3n) is 5.66. The molecule has 0 saturated carbocycles. The summed E-state index contributed by atoms with van der Waals surface area (Å²) >= 11 is 0. The highest BCUT2D eigenvalue weighted by Gasteiger charge is 2.32. The highest BCUT2D eigenvalue weighted by atomic mass is 16.2. The third-order valence-corrected chi connectivity index (χ3v) is 5.66. The Morgan fingerprint density at radius 3 is 2.35 bits per heavy atom. The minimum atomic E-state index is -1.16. The van der Waals surface area contributed by atoms with Gasteiger partial charge < -0.3 is 16.8 Å². The van der Waals surface area contributed by atoms with Gasteiger partial charge in [-0.1, -0.05) is 54.6 Å². The molecule has 158 valence electrons. The first kappa shape index (κ1) is 20.8. The molecular weight excluding hydrogens is 388 g/mol. The first-order valence-corrected chi connectivity index (χ1v) is 10.4. The molecule has 0 saturated heterocycles. The molecule has 0 radical (unpaired) electrons. The van der Waals surface area contributed by atoms with Crippen molar-refractivity contribution in [3.63, 3.8) is 0 Å². The van der Waals surface area contributed by atoms with Crippen LogP contribution in [0.15, 0.2) is 78.9 Å². The molecule has 5 N–H and O–H groups in total. The molecule has 1 aliphatic rings. The smallest absolute Gasteiger partial charge is 0.260 e. The molecule has 6 nitrogen and oxygen atoms in total. The van der Waals surface area contributed by atoms with Crippen LogP contribution in [0.25, 0.3) is 0 Å². The fraction of sp³-hybridized carbons (Fsp3) is 0.200. The Balaban J connectivity index is 1.57. The van der Waals surface area contributed by atoms with Crippen molar-refractivity contribution in [1.29, 1.82) is 0 Å². The zero-order valence-electron chi connectivity index (χ0n) is 17.2. The monoisotopic (exact) mass is 414 g/mol. The lowest BCUT2D eigenvalue weighted by Gasteiger charge is -2.29. The molecule has 0 heterocycles. The first-order valence-electron chi connectivity index (χ1n) is 10.4. The van der Waals surface area contributed by atoms with Crippen LogP contribution in [0.3, 0.4) is 0 Å². The number of fused-ring (bicyclic) bond motifs is 1. The SMILES string of the molecule is NCc1ccc2c(c1)CCC2NC(=O)[C@H](N)N(C(=O)c1ccccc1)c1ccccc1. The molecule has 4 rings (SSSR count). The van der Waals surface area contributed by atoms with Gasteiger partial charge in [0.2, 0.25) is 0 Å². The molecule has 0 aromatic heterocycles. The molecule has 2 amide bonds. The molecule has 3 aromatic rings. The molecule has 0 spiro atoms. The fourth-order valence-electron chi connectivity index (χ4n) is 4.03. The Morgan fingerprint density at radius 2 is 1.68 bits per heavy atom. The van der Waals surface area contributed by atoms with Gasteiger partial charge in [-0.25, -0.2) is 0 Å². The number of rotatable bonds is 6. The van der Waals surface area contributed by atoms with Gasteiger partial charge in [-0.05, 0) is 53.8 Å². The van der Waals surface area contributed by atoms with Gasteiger partial charge in [0.1, 0.15) is 0 Å². The van der Waals surface area contributed by atoms with Gasteiger partial charge in [0.25, 0.3) is 11.8 Å². The summed E-state index contributed by atoms with van der Waals surface area (Å²) in [5.41, 5.74) is 16.5. The average Bonchev–Trinajstić information content (AvgIpc) is 3.22. The van der Waals surface area contributed by atoms with Crippen LogP contribution in [0, 0.1) is 0 Å². The molecule has 1 aliphatic carbocycles. The Kier molecular flexibility index (Phi) is 6.11. The summed E-state index contributed by atoms with van der Waals surface area (Å²) in [6.45, 7) is 0.489. The predicted molar refractivity (Wildman–Crippen MR) is 121 cm³/mol. The lowest BCUT2D eigenvalue weighted by Crippen LogP contribution is -2.55. The standard InChI is InChI=1S/C25H26N4O2/c26-16-17-11-13-21-19(15-17)12-14-22(21)28-24(30)23(27)29(20-9-5-2-6-10-20)25(31)18-7-3-1-4-8-18/h1-11,13,15,22-23H,12,14,16,26-27H2,(H,28,30)/t22?,23-/m1/s1. The van der Waals surface area contributed by atoms with Crippen molar-refractivity contribution in [1.82, 2.24) is 5.32 Å². The molecule has 0 fully saturated rings. The molecule has 0 bridgehead atoms. The summed E-state index contributed by atoms with van der Waals surface area (Å²) in [7, 11) is 0. The number of benzene rings is 3. The van der Waals surface area contributed by atoms with E-state index in [-0.39, 0.29) is 11.9 Å². The number of para-hydroxylation sites is 1. The van der Waals surface area contributed by atoms with E-state index in [4.69, 9.17) is 11.5 Å². The van der Waals surface area contributed by atoms with E-state index in [2.05, 4.69) is 11.4 Å². The quantitative estimate of drug-likeness (QED) is 0.540.